The van der Waals surface area contributed by atoms with Crippen molar-refractivity contribution in [2.45, 2.75) is 4.90 Å². The quantitative estimate of drug-likeness (QED) is 0.813. The van der Waals surface area contributed by atoms with Crippen molar-refractivity contribution in [2.75, 3.05) is 31.1 Å². The van der Waals surface area contributed by atoms with Gasteiger partial charge in [0.2, 0.25) is 0 Å². The lowest BCUT2D eigenvalue weighted by Crippen LogP contribution is -2.31. The molecule has 7 heteroatoms. The van der Waals surface area contributed by atoms with Crippen LogP contribution in [0.15, 0.2) is 27.6 Å². The van der Waals surface area contributed by atoms with Crippen molar-refractivity contribution in [3.8, 4) is 0 Å². The lowest BCUT2D eigenvalue weighted by atomic mass is 10.3. The van der Waals surface area contributed by atoms with E-state index in [1.165, 1.54) is 0 Å². The summed E-state index contributed by atoms with van der Waals surface area (Å²) in [6.45, 7) is 1.80. The molecule has 1 fully saturated rings. The van der Waals surface area contributed by atoms with E-state index in [-0.39, 0.29) is 6.03 Å². The molecule has 0 aromatic heterocycles. The number of nitrogens with zero attached hydrogens (tertiary/aromatic N) is 1. The fourth-order valence-corrected chi connectivity index (χ4v) is 3.44. The third kappa shape index (κ3) is 3.02. The van der Waals surface area contributed by atoms with Crippen LogP contribution in [0.5, 0.6) is 0 Å². The van der Waals surface area contributed by atoms with Gasteiger partial charge in [-0.15, -0.1) is 0 Å². The Labute approximate surface area is 116 Å². The van der Waals surface area contributed by atoms with Crippen molar-refractivity contribution in [1.82, 2.24) is 10.2 Å². The van der Waals surface area contributed by atoms with Crippen molar-refractivity contribution in [3.05, 3.63) is 22.7 Å². The first-order valence-corrected chi connectivity index (χ1v) is 7.65. The third-order valence-electron chi connectivity index (χ3n) is 2.71. The number of nitrogens with one attached hydrogen (secondary N) is 1. The Hall–Kier alpha value is -1.08. The van der Waals surface area contributed by atoms with E-state index in [0.29, 0.717) is 36.0 Å². The van der Waals surface area contributed by atoms with Crippen molar-refractivity contribution in [1.29, 1.82) is 0 Å². The molecule has 1 heterocycles. The van der Waals surface area contributed by atoms with Gasteiger partial charge in [0.25, 0.3) is 0 Å². The van der Waals surface area contributed by atoms with Crippen LogP contribution in [-0.2, 0) is 10.8 Å². The number of nitrogen functional groups attached to an aromatic ring is 1. The molecule has 18 heavy (non-hydrogen) atoms. The highest BCUT2D eigenvalue weighted by atomic mass is 79.9. The number of hydrogen-bond donors (Lipinski definition) is 2. The van der Waals surface area contributed by atoms with E-state index in [9.17, 15) is 9.00 Å². The SMILES string of the molecule is Nc1ccc(Br)cc1S(=O)CCN1CCNC1=O. The van der Waals surface area contributed by atoms with Crippen molar-refractivity contribution in [2.24, 2.45) is 0 Å². The van der Waals surface area contributed by atoms with Gasteiger partial charge in [-0.25, -0.2) is 4.79 Å². The van der Waals surface area contributed by atoms with E-state index in [0.717, 1.165) is 4.47 Å². The molecule has 1 aromatic carbocycles. The highest BCUT2D eigenvalue weighted by Crippen LogP contribution is 2.21. The highest BCUT2D eigenvalue weighted by molar-refractivity contribution is 9.10. The van der Waals surface area contributed by atoms with Crippen LogP contribution >= 0.6 is 15.9 Å². The molecule has 1 aromatic rings. The minimum atomic E-state index is -1.19. The van der Waals surface area contributed by atoms with Crippen molar-refractivity contribution in [3.63, 3.8) is 0 Å². The summed E-state index contributed by atoms with van der Waals surface area (Å²) in [5, 5.41) is 2.71. The number of hydrogen-bond acceptors (Lipinski definition) is 3. The van der Waals surface area contributed by atoms with Crippen LogP contribution in [0.2, 0.25) is 0 Å². The average molecular weight is 332 g/mol. The molecule has 1 aliphatic heterocycles. The van der Waals surface area contributed by atoms with E-state index < -0.39 is 10.8 Å². The minimum Gasteiger partial charge on any atom is -0.398 e. The predicted octanol–water partition coefficient (Wildman–Crippen LogP) is 1.16. The molecule has 98 valence electrons. The molecule has 2 amide bonds. The maximum atomic E-state index is 12.1. The van der Waals surface area contributed by atoms with Gasteiger partial charge in [0, 0.05) is 35.5 Å². The molecule has 1 unspecified atom stereocenters. The first-order valence-electron chi connectivity index (χ1n) is 5.54. The van der Waals surface area contributed by atoms with Crippen LogP contribution in [0.25, 0.3) is 0 Å². The van der Waals surface area contributed by atoms with Gasteiger partial charge >= 0.3 is 6.03 Å². The second-order valence-corrected chi connectivity index (χ2v) is 6.41. The smallest absolute Gasteiger partial charge is 0.317 e. The van der Waals surface area contributed by atoms with E-state index in [4.69, 9.17) is 5.73 Å². The standard InChI is InChI=1S/C11H14BrN3O2S/c12-8-1-2-9(13)10(7-8)18(17)6-5-15-4-3-14-11(15)16/h1-2,7H,3-6,13H2,(H,14,16). The van der Waals surface area contributed by atoms with Gasteiger partial charge in [0.15, 0.2) is 0 Å². The molecule has 1 atom stereocenters. The molecule has 0 spiro atoms. The zero-order valence-electron chi connectivity index (χ0n) is 9.69. The monoisotopic (exact) mass is 331 g/mol. The van der Waals surface area contributed by atoms with Crippen molar-refractivity contribution >= 4 is 38.4 Å². The van der Waals surface area contributed by atoms with Gasteiger partial charge in [-0.2, -0.15) is 0 Å². The number of anilines is 1. The normalized spacial score (nSPS) is 16.7. The molecule has 1 saturated heterocycles. The van der Waals surface area contributed by atoms with Gasteiger partial charge in [0.1, 0.15) is 0 Å². The van der Waals surface area contributed by atoms with E-state index in [1.54, 1.807) is 17.0 Å². The van der Waals surface area contributed by atoms with Crippen LogP contribution in [0.4, 0.5) is 10.5 Å². The number of rotatable bonds is 4. The molecular formula is C11H14BrN3O2S. The molecule has 0 saturated carbocycles. The number of nitrogens with two attached hydrogens (primary N) is 1. The Balaban J connectivity index is 1.99. The fraction of sp³-hybridized carbons (Fsp3) is 0.364. The molecule has 1 aliphatic rings. The van der Waals surface area contributed by atoms with E-state index in [1.807, 2.05) is 6.07 Å². The molecule has 0 radical (unpaired) electrons. The molecule has 0 bridgehead atoms. The summed E-state index contributed by atoms with van der Waals surface area (Å²) in [6, 6.07) is 5.20. The zero-order chi connectivity index (χ0) is 13.1. The van der Waals surface area contributed by atoms with Gasteiger partial charge in [-0.05, 0) is 18.2 Å². The molecule has 2 rings (SSSR count). The van der Waals surface area contributed by atoms with Gasteiger partial charge in [-0.3, -0.25) is 4.21 Å². The molecule has 0 aliphatic carbocycles. The van der Waals surface area contributed by atoms with Crippen LogP contribution < -0.4 is 11.1 Å². The van der Waals surface area contributed by atoms with Crippen LogP contribution in [0.1, 0.15) is 0 Å². The maximum absolute atomic E-state index is 12.1. The van der Waals surface area contributed by atoms with Crippen molar-refractivity contribution < 1.29 is 9.00 Å². The summed E-state index contributed by atoms with van der Waals surface area (Å²) >= 11 is 3.33. The number of halogens is 1. The summed E-state index contributed by atoms with van der Waals surface area (Å²) in [4.78, 5) is 13.6. The lowest BCUT2D eigenvalue weighted by Gasteiger charge is -2.14. The highest BCUT2D eigenvalue weighted by Gasteiger charge is 2.20. The van der Waals surface area contributed by atoms with Gasteiger partial charge in [0.05, 0.1) is 15.7 Å². The van der Waals surface area contributed by atoms with Crippen LogP contribution in [0.3, 0.4) is 0 Å². The summed E-state index contributed by atoms with van der Waals surface area (Å²) in [5.74, 6) is 0.397. The number of carbonyl (C=O) groups is 1. The topological polar surface area (TPSA) is 75.4 Å². The largest absolute Gasteiger partial charge is 0.398 e. The number of amides is 2. The number of benzene rings is 1. The lowest BCUT2D eigenvalue weighted by molar-refractivity contribution is 0.220. The second kappa shape index (κ2) is 5.71. The minimum absolute atomic E-state index is 0.0887. The fourth-order valence-electron chi connectivity index (χ4n) is 1.73. The zero-order valence-corrected chi connectivity index (χ0v) is 12.1. The molecule has 3 N–H and O–H groups in total. The first-order chi connectivity index (χ1) is 8.58. The average Bonchev–Trinajstić information content (AvgIpc) is 2.75. The Morgan fingerprint density at radius 2 is 2.28 bits per heavy atom. The van der Waals surface area contributed by atoms with E-state index >= 15 is 0 Å². The van der Waals surface area contributed by atoms with E-state index in [2.05, 4.69) is 21.2 Å². The summed E-state index contributed by atoms with van der Waals surface area (Å²) in [6.07, 6.45) is 0. The summed E-state index contributed by atoms with van der Waals surface area (Å²) < 4.78 is 13.0. The first kappa shape index (κ1) is 13.4. The Kier molecular flexibility index (Phi) is 4.23. The van der Waals surface area contributed by atoms with Crippen LogP contribution in [0, 0.1) is 0 Å². The van der Waals surface area contributed by atoms with Crippen LogP contribution in [-0.4, -0.2) is 40.5 Å². The Morgan fingerprint density at radius 3 is 2.94 bits per heavy atom. The Morgan fingerprint density at radius 1 is 1.50 bits per heavy atom. The number of urea groups is 1. The molecule has 5 nitrogen and oxygen atoms in total. The third-order valence-corrected chi connectivity index (χ3v) is 4.60. The predicted molar refractivity (Wildman–Crippen MR) is 74.8 cm³/mol. The summed E-state index contributed by atoms with van der Waals surface area (Å²) in [5.41, 5.74) is 6.31. The van der Waals surface area contributed by atoms with Gasteiger partial charge in [-0.1, -0.05) is 15.9 Å². The van der Waals surface area contributed by atoms with Gasteiger partial charge < -0.3 is 16.0 Å². The maximum Gasteiger partial charge on any atom is 0.317 e. The second-order valence-electron chi connectivity index (χ2n) is 3.95. The molecular weight excluding hydrogens is 318 g/mol. The number of carbonyl (C=O) groups excluding carboxylic acids is 1. The Bertz CT molecular complexity index is 495. The summed E-state index contributed by atoms with van der Waals surface area (Å²) in [7, 11) is -1.19.